The Balaban J connectivity index is 1.76. The van der Waals surface area contributed by atoms with E-state index >= 15 is 0 Å². The number of hydrogen-bond donors (Lipinski definition) is 1. The number of ether oxygens (including phenoxy) is 1. The summed E-state index contributed by atoms with van der Waals surface area (Å²) in [5.41, 5.74) is 4.60. The van der Waals surface area contributed by atoms with Gasteiger partial charge in [-0.15, -0.1) is 0 Å². The predicted octanol–water partition coefficient (Wildman–Crippen LogP) is 4.40. The summed E-state index contributed by atoms with van der Waals surface area (Å²) >= 11 is 0. The van der Waals surface area contributed by atoms with Crippen LogP contribution in [0, 0.1) is 0 Å². The van der Waals surface area contributed by atoms with E-state index in [4.69, 9.17) is 4.74 Å². The fourth-order valence-corrected chi connectivity index (χ4v) is 4.39. The number of benzene rings is 1. The average molecular weight is 402 g/mol. The normalized spacial score (nSPS) is 21.2. The third kappa shape index (κ3) is 3.80. The molecule has 1 aliphatic heterocycles. The molecule has 1 N–H and O–H groups in total. The van der Waals surface area contributed by atoms with Crippen LogP contribution in [0.4, 0.5) is 0 Å². The molecule has 0 bridgehead atoms. The Hall–Kier alpha value is -3.21. The van der Waals surface area contributed by atoms with Crippen molar-refractivity contribution in [1.29, 1.82) is 0 Å². The first-order valence-corrected chi connectivity index (χ1v) is 10.5. The van der Waals surface area contributed by atoms with E-state index in [1.54, 1.807) is 6.20 Å². The second-order valence-electron chi connectivity index (χ2n) is 7.82. The topological polar surface area (TPSA) is 68.3 Å². The van der Waals surface area contributed by atoms with Gasteiger partial charge in [0.25, 0.3) is 0 Å². The van der Waals surface area contributed by atoms with Crippen molar-refractivity contribution in [2.45, 2.75) is 44.9 Å². The number of dihydropyridines is 1. The number of Topliss-reactive ketones (excluding diaryl/α,β-unsaturated/α-hetero) is 1. The summed E-state index contributed by atoms with van der Waals surface area (Å²) in [6.45, 7) is 4.18. The van der Waals surface area contributed by atoms with Crippen LogP contribution in [-0.4, -0.2) is 23.3 Å². The van der Waals surface area contributed by atoms with Gasteiger partial charge in [0, 0.05) is 29.6 Å². The second kappa shape index (κ2) is 8.66. The Kier molecular flexibility index (Phi) is 5.79. The standard InChI is InChI=1S/C25H26N2O3/c1-3-13-30-25(29)22-16(2)27-20-14-18(17-9-5-4-6-10-17)15-21(28)23(20)24(22)19-11-7-8-12-26-19/h4-12,18,24,27H,3,13-15H2,1-2H3/t18-,24-/m1/s1. The van der Waals surface area contributed by atoms with Crippen molar-refractivity contribution in [3.8, 4) is 0 Å². The minimum atomic E-state index is -0.504. The van der Waals surface area contributed by atoms with Crippen LogP contribution in [0.25, 0.3) is 0 Å². The molecule has 0 saturated heterocycles. The molecule has 2 aromatic rings. The maximum Gasteiger partial charge on any atom is 0.336 e. The Labute approximate surface area is 176 Å². The Bertz CT molecular complexity index is 1010. The number of carbonyl (C=O) groups is 2. The molecule has 154 valence electrons. The third-order valence-corrected chi connectivity index (χ3v) is 5.74. The monoisotopic (exact) mass is 402 g/mol. The van der Waals surface area contributed by atoms with Crippen LogP contribution in [0.5, 0.6) is 0 Å². The molecular formula is C25H26N2O3. The van der Waals surface area contributed by atoms with Gasteiger partial charge in [-0.25, -0.2) is 4.79 Å². The number of nitrogens with one attached hydrogen (secondary N) is 1. The van der Waals surface area contributed by atoms with Gasteiger partial charge in [0.05, 0.1) is 23.8 Å². The maximum atomic E-state index is 13.4. The van der Waals surface area contributed by atoms with Crippen molar-refractivity contribution >= 4 is 11.8 Å². The summed E-state index contributed by atoms with van der Waals surface area (Å²) < 4.78 is 5.46. The van der Waals surface area contributed by atoms with E-state index in [0.717, 1.165) is 29.8 Å². The number of rotatable bonds is 5. The van der Waals surface area contributed by atoms with E-state index in [1.807, 2.05) is 50.2 Å². The fourth-order valence-electron chi connectivity index (χ4n) is 4.39. The van der Waals surface area contributed by atoms with Crippen LogP contribution < -0.4 is 5.32 Å². The Morgan fingerprint density at radius 3 is 2.60 bits per heavy atom. The number of carbonyl (C=O) groups excluding carboxylic acids is 2. The summed E-state index contributed by atoms with van der Waals surface area (Å²) in [4.78, 5) is 30.8. The van der Waals surface area contributed by atoms with Gasteiger partial charge in [0.1, 0.15) is 0 Å². The summed E-state index contributed by atoms with van der Waals surface area (Å²) in [6.07, 6.45) is 3.58. The summed E-state index contributed by atoms with van der Waals surface area (Å²) in [6, 6.07) is 15.7. The van der Waals surface area contributed by atoms with E-state index in [1.165, 1.54) is 0 Å². The highest BCUT2D eigenvalue weighted by molar-refractivity contribution is 6.04. The van der Waals surface area contributed by atoms with Crippen LogP contribution in [0.15, 0.2) is 77.3 Å². The van der Waals surface area contributed by atoms with Crippen LogP contribution in [-0.2, 0) is 14.3 Å². The molecule has 1 aliphatic carbocycles. The highest BCUT2D eigenvalue weighted by Crippen LogP contribution is 2.45. The Morgan fingerprint density at radius 1 is 1.13 bits per heavy atom. The summed E-state index contributed by atoms with van der Waals surface area (Å²) in [5, 5.41) is 3.37. The lowest BCUT2D eigenvalue weighted by Crippen LogP contribution is -2.36. The van der Waals surface area contributed by atoms with Crippen molar-refractivity contribution in [2.24, 2.45) is 0 Å². The second-order valence-corrected chi connectivity index (χ2v) is 7.82. The van der Waals surface area contributed by atoms with Crippen LogP contribution in [0.2, 0.25) is 0 Å². The molecule has 0 amide bonds. The van der Waals surface area contributed by atoms with Crippen LogP contribution in [0.1, 0.15) is 56.2 Å². The lowest BCUT2D eigenvalue weighted by atomic mass is 9.73. The lowest BCUT2D eigenvalue weighted by Gasteiger charge is -2.36. The number of pyridine rings is 1. The minimum absolute atomic E-state index is 0.0570. The van der Waals surface area contributed by atoms with Crippen LogP contribution in [0.3, 0.4) is 0 Å². The molecular weight excluding hydrogens is 376 g/mol. The van der Waals surface area contributed by atoms with Crippen molar-refractivity contribution in [2.75, 3.05) is 6.61 Å². The molecule has 2 aliphatic rings. The van der Waals surface area contributed by atoms with Gasteiger partial charge in [-0.05, 0) is 43.4 Å². The van der Waals surface area contributed by atoms with Crippen LogP contribution >= 0.6 is 0 Å². The van der Waals surface area contributed by atoms with E-state index in [0.29, 0.717) is 29.9 Å². The van der Waals surface area contributed by atoms with E-state index < -0.39 is 5.92 Å². The maximum absolute atomic E-state index is 13.4. The SMILES string of the molecule is CCCOC(=O)C1=C(C)NC2=C(C(=O)C[C@H](c3ccccc3)C2)[C@@H]1c1ccccn1. The van der Waals surface area contributed by atoms with Gasteiger partial charge in [-0.3, -0.25) is 9.78 Å². The van der Waals surface area contributed by atoms with Crippen molar-refractivity contribution in [3.05, 3.63) is 88.5 Å². The number of allylic oxidation sites excluding steroid dienone is 3. The molecule has 1 aromatic carbocycles. The van der Waals surface area contributed by atoms with Gasteiger partial charge in [-0.2, -0.15) is 0 Å². The van der Waals surface area contributed by atoms with E-state index in [2.05, 4.69) is 22.4 Å². The first-order valence-electron chi connectivity index (χ1n) is 10.5. The molecule has 0 spiro atoms. The van der Waals surface area contributed by atoms with Crippen molar-refractivity contribution < 1.29 is 14.3 Å². The molecule has 1 aromatic heterocycles. The van der Waals surface area contributed by atoms with Gasteiger partial charge in [0.15, 0.2) is 5.78 Å². The van der Waals surface area contributed by atoms with Gasteiger partial charge in [0.2, 0.25) is 0 Å². The summed E-state index contributed by atoms with van der Waals surface area (Å²) in [5.74, 6) is -0.713. The number of nitrogens with zero attached hydrogens (tertiary/aromatic N) is 1. The zero-order valence-corrected chi connectivity index (χ0v) is 17.4. The third-order valence-electron chi connectivity index (χ3n) is 5.74. The first kappa shape index (κ1) is 20.1. The fraction of sp³-hybridized carbons (Fsp3) is 0.320. The van der Waals surface area contributed by atoms with Gasteiger partial charge < -0.3 is 10.1 Å². The number of aromatic nitrogens is 1. The van der Waals surface area contributed by atoms with Crippen molar-refractivity contribution in [1.82, 2.24) is 10.3 Å². The van der Waals surface area contributed by atoms with Gasteiger partial charge in [-0.1, -0.05) is 43.3 Å². The molecule has 5 nitrogen and oxygen atoms in total. The zero-order valence-electron chi connectivity index (χ0n) is 17.4. The van der Waals surface area contributed by atoms with E-state index in [-0.39, 0.29) is 17.7 Å². The lowest BCUT2D eigenvalue weighted by molar-refractivity contribution is -0.139. The van der Waals surface area contributed by atoms with Gasteiger partial charge >= 0.3 is 5.97 Å². The zero-order chi connectivity index (χ0) is 21.1. The highest BCUT2D eigenvalue weighted by Gasteiger charge is 2.41. The molecule has 4 rings (SSSR count). The number of ketones is 1. The first-order chi connectivity index (χ1) is 14.6. The number of hydrogen-bond acceptors (Lipinski definition) is 5. The molecule has 0 fully saturated rings. The average Bonchev–Trinajstić information content (AvgIpc) is 2.77. The predicted molar refractivity (Wildman–Crippen MR) is 115 cm³/mol. The largest absolute Gasteiger partial charge is 0.462 e. The molecule has 5 heteroatoms. The molecule has 0 saturated carbocycles. The summed E-state index contributed by atoms with van der Waals surface area (Å²) in [7, 11) is 0. The quantitative estimate of drug-likeness (QED) is 0.751. The van der Waals surface area contributed by atoms with E-state index in [9.17, 15) is 9.59 Å². The number of esters is 1. The highest BCUT2D eigenvalue weighted by atomic mass is 16.5. The molecule has 0 unspecified atom stereocenters. The Morgan fingerprint density at radius 2 is 1.90 bits per heavy atom. The molecule has 2 atom stereocenters. The smallest absolute Gasteiger partial charge is 0.336 e. The minimum Gasteiger partial charge on any atom is -0.462 e. The molecule has 0 radical (unpaired) electrons. The molecule has 30 heavy (non-hydrogen) atoms. The molecule has 2 heterocycles. The van der Waals surface area contributed by atoms with Crippen molar-refractivity contribution in [3.63, 3.8) is 0 Å².